The average Bonchev–Trinajstić information content (AvgIpc) is 2.88. The highest BCUT2D eigenvalue weighted by atomic mass is 16.5. The summed E-state index contributed by atoms with van der Waals surface area (Å²) in [5.74, 6) is -0.833. The van der Waals surface area contributed by atoms with Gasteiger partial charge in [-0.2, -0.15) is 0 Å². The van der Waals surface area contributed by atoms with Gasteiger partial charge in [0.25, 0.3) is 5.91 Å². The maximum Gasteiger partial charge on any atom is 0.340 e. The summed E-state index contributed by atoms with van der Waals surface area (Å²) in [6, 6.07) is 11.8. The van der Waals surface area contributed by atoms with Gasteiger partial charge in [-0.3, -0.25) is 4.79 Å². The highest BCUT2D eigenvalue weighted by molar-refractivity contribution is 5.93. The summed E-state index contributed by atoms with van der Waals surface area (Å²) >= 11 is 0. The Hall–Kier alpha value is -2.82. The van der Waals surface area contributed by atoms with Crippen LogP contribution in [0.25, 0.3) is 0 Å². The molecule has 1 amide bonds. The lowest BCUT2D eigenvalue weighted by molar-refractivity contribution is -0.128. The van der Waals surface area contributed by atoms with Crippen LogP contribution in [0.2, 0.25) is 0 Å². The zero-order chi connectivity index (χ0) is 18.4. The van der Waals surface area contributed by atoms with E-state index in [1.54, 1.807) is 19.1 Å². The third kappa shape index (κ3) is 4.59. The zero-order valence-corrected chi connectivity index (χ0v) is 14.9. The van der Waals surface area contributed by atoms with Crippen LogP contribution in [0.15, 0.2) is 49.1 Å². The second kappa shape index (κ2) is 8.33. The summed E-state index contributed by atoms with van der Waals surface area (Å²) in [6.45, 7) is 9.95. The predicted molar refractivity (Wildman–Crippen MR) is 97.5 cm³/mol. The minimum Gasteiger partial charge on any atom is -0.449 e. The van der Waals surface area contributed by atoms with Gasteiger partial charge in [0.2, 0.25) is 0 Å². The van der Waals surface area contributed by atoms with Crippen molar-refractivity contribution < 1.29 is 14.3 Å². The average molecular weight is 340 g/mol. The maximum absolute atomic E-state index is 12.4. The molecular formula is C20H24N2O3. The first-order chi connectivity index (χ1) is 11.9. The molecule has 5 heteroatoms. The normalized spacial score (nSPS) is 11.6. The van der Waals surface area contributed by atoms with Crippen molar-refractivity contribution in [2.24, 2.45) is 0 Å². The molecule has 0 aliphatic heterocycles. The number of ether oxygens (including phenoxy) is 1. The third-order valence-corrected chi connectivity index (χ3v) is 4.05. The number of amides is 1. The number of esters is 1. The number of carbonyl (C=O) groups is 2. The minimum atomic E-state index is -0.857. The molecule has 0 spiro atoms. The van der Waals surface area contributed by atoms with E-state index in [-0.39, 0.29) is 5.91 Å². The molecule has 0 saturated heterocycles. The molecule has 0 saturated carbocycles. The highest BCUT2D eigenvalue weighted by Crippen LogP contribution is 2.18. The fourth-order valence-electron chi connectivity index (χ4n) is 2.61. The molecule has 1 N–H and O–H groups in total. The summed E-state index contributed by atoms with van der Waals surface area (Å²) in [6.07, 6.45) is 0.716. The molecule has 0 aliphatic carbocycles. The lowest BCUT2D eigenvalue weighted by atomic mass is 10.2. The Labute approximate surface area is 148 Å². The zero-order valence-electron chi connectivity index (χ0n) is 14.9. The van der Waals surface area contributed by atoms with E-state index in [1.807, 2.05) is 44.2 Å². The van der Waals surface area contributed by atoms with E-state index in [0.29, 0.717) is 18.7 Å². The van der Waals surface area contributed by atoms with Crippen LogP contribution in [0.4, 0.5) is 0 Å². The SMILES string of the molecule is C=CCNC(=O)[C@H](C)OC(=O)c1cc(C)n(Cc2ccccc2)c1C. The van der Waals surface area contributed by atoms with Crippen molar-refractivity contribution in [1.29, 1.82) is 0 Å². The number of aryl methyl sites for hydroxylation is 1. The lowest BCUT2D eigenvalue weighted by Crippen LogP contribution is -2.35. The number of nitrogens with zero attached hydrogens (tertiary/aromatic N) is 1. The molecule has 0 bridgehead atoms. The largest absolute Gasteiger partial charge is 0.449 e. The van der Waals surface area contributed by atoms with E-state index < -0.39 is 12.1 Å². The van der Waals surface area contributed by atoms with Gasteiger partial charge in [0.15, 0.2) is 6.10 Å². The van der Waals surface area contributed by atoms with Crippen molar-refractivity contribution in [3.05, 3.63) is 71.6 Å². The smallest absolute Gasteiger partial charge is 0.340 e. The minimum absolute atomic E-state index is 0.340. The van der Waals surface area contributed by atoms with Gasteiger partial charge in [-0.25, -0.2) is 4.79 Å². The van der Waals surface area contributed by atoms with Gasteiger partial charge >= 0.3 is 5.97 Å². The van der Waals surface area contributed by atoms with Crippen LogP contribution in [0, 0.1) is 13.8 Å². The number of benzene rings is 1. The van der Waals surface area contributed by atoms with E-state index in [1.165, 1.54) is 0 Å². The number of carbonyl (C=O) groups excluding carboxylic acids is 2. The molecule has 0 aliphatic rings. The molecular weight excluding hydrogens is 316 g/mol. The Balaban J connectivity index is 2.12. The topological polar surface area (TPSA) is 60.3 Å². The molecule has 2 rings (SSSR count). The number of nitrogens with one attached hydrogen (secondary N) is 1. The van der Waals surface area contributed by atoms with Crippen LogP contribution < -0.4 is 5.32 Å². The van der Waals surface area contributed by atoms with Gasteiger partial charge in [-0.1, -0.05) is 36.4 Å². The van der Waals surface area contributed by atoms with Crippen molar-refractivity contribution in [2.75, 3.05) is 6.54 Å². The summed E-state index contributed by atoms with van der Waals surface area (Å²) in [7, 11) is 0. The predicted octanol–water partition coefficient (Wildman–Crippen LogP) is 3.00. The van der Waals surface area contributed by atoms with Gasteiger partial charge in [0.05, 0.1) is 5.56 Å². The number of rotatable bonds is 7. The molecule has 1 aromatic heterocycles. The monoisotopic (exact) mass is 340 g/mol. The number of aromatic nitrogens is 1. The summed E-state index contributed by atoms with van der Waals surface area (Å²) in [5, 5.41) is 2.61. The van der Waals surface area contributed by atoms with E-state index >= 15 is 0 Å². The molecule has 5 nitrogen and oxygen atoms in total. The molecule has 1 aromatic carbocycles. The second-order valence-corrected chi connectivity index (χ2v) is 5.94. The van der Waals surface area contributed by atoms with Crippen LogP contribution in [0.1, 0.15) is 34.2 Å². The quantitative estimate of drug-likeness (QED) is 0.623. The van der Waals surface area contributed by atoms with E-state index in [9.17, 15) is 9.59 Å². The number of hydrogen-bond acceptors (Lipinski definition) is 3. The Morgan fingerprint density at radius 2 is 1.96 bits per heavy atom. The van der Waals surface area contributed by atoms with Gasteiger partial charge < -0.3 is 14.6 Å². The Kier molecular flexibility index (Phi) is 6.17. The van der Waals surface area contributed by atoms with Crippen molar-refractivity contribution in [3.8, 4) is 0 Å². The summed E-state index contributed by atoms with van der Waals surface area (Å²) < 4.78 is 7.36. The standard InChI is InChI=1S/C20H24N2O3/c1-5-11-21-19(23)16(4)25-20(24)18-12-14(2)22(15(18)3)13-17-9-7-6-8-10-17/h5-10,12,16H,1,11,13H2,2-4H3,(H,21,23)/t16-/m0/s1. The van der Waals surface area contributed by atoms with Crippen molar-refractivity contribution in [2.45, 2.75) is 33.4 Å². The Morgan fingerprint density at radius 3 is 2.60 bits per heavy atom. The van der Waals surface area contributed by atoms with Crippen molar-refractivity contribution >= 4 is 11.9 Å². The van der Waals surface area contributed by atoms with Crippen LogP contribution in [0.3, 0.4) is 0 Å². The van der Waals surface area contributed by atoms with Crippen molar-refractivity contribution in [1.82, 2.24) is 9.88 Å². The molecule has 0 fully saturated rings. The molecule has 1 heterocycles. The molecule has 25 heavy (non-hydrogen) atoms. The fourth-order valence-corrected chi connectivity index (χ4v) is 2.61. The summed E-state index contributed by atoms with van der Waals surface area (Å²) in [5.41, 5.74) is 3.43. The van der Waals surface area contributed by atoms with Crippen LogP contribution in [0.5, 0.6) is 0 Å². The van der Waals surface area contributed by atoms with Gasteiger partial charge in [0, 0.05) is 24.5 Å². The van der Waals surface area contributed by atoms with Crippen LogP contribution >= 0.6 is 0 Å². The fraction of sp³-hybridized carbons (Fsp3) is 0.300. The van der Waals surface area contributed by atoms with Crippen molar-refractivity contribution in [3.63, 3.8) is 0 Å². The van der Waals surface area contributed by atoms with E-state index in [4.69, 9.17) is 4.74 Å². The van der Waals surface area contributed by atoms with E-state index in [2.05, 4.69) is 16.5 Å². The van der Waals surface area contributed by atoms with Crippen LogP contribution in [-0.2, 0) is 16.1 Å². The van der Waals surface area contributed by atoms with Gasteiger partial charge in [-0.05, 0) is 32.4 Å². The first-order valence-electron chi connectivity index (χ1n) is 8.24. The number of hydrogen-bond donors (Lipinski definition) is 1. The Bertz CT molecular complexity index is 763. The molecule has 1 atom stereocenters. The molecule has 0 unspecified atom stereocenters. The lowest BCUT2D eigenvalue weighted by Gasteiger charge is -2.13. The first-order valence-corrected chi connectivity index (χ1v) is 8.24. The Morgan fingerprint density at radius 1 is 1.28 bits per heavy atom. The molecule has 132 valence electrons. The van der Waals surface area contributed by atoms with Gasteiger partial charge in [-0.15, -0.1) is 6.58 Å². The highest BCUT2D eigenvalue weighted by Gasteiger charge is 2.22. The summed E-state index contributed by atoms with van der Waals surface area (Å²) in [4.78, 5) is 24.3. The van der Waals surface area contributed by atoms with Gasteiger partial charge in [0.1, 0.15) is 0 Å². The van der Waals surface area contributed by atoms with Crippen LogP contribution in [-0.4, -0.2) is 29.1 Å². The molecule has 0 radical (unpaired) electrons. The third-order valence-electron chi connectivity index (χ3n) is 4.05. The maximum atomic E-state index is 12.4. The second-order valence-electron chi connectivity index (χ2n) is 5.94. The first kappa shape index (κ1) is 18.5. The van der Waals surface area contributed by atoms with E-state index in [0.717, 1.165) is 17.0 Å². The molecule has 2 aromatic rings.